The van der Waals surface area contributed by atoms with Crippen molar-refractivity contribution in [3.63, 3.8) is 0 Å². The number of allylic oxidation sites excluding steroid dienone is 1. The highest BCUT2D eigenvalue weighted by Gasteiger charge is 2.18. The molecule has 0 atom stereocenters. The van der Waals surface area contributed by atoms with Gasteiger partial charge in [0.25, 0.3) is 0 Å². The van der Waals surface area contributed by atoms with Gasteiger partial charge in [-0.1, -0.05) is 36.4 Å². The predicted molar refractivity (Wildman–Crippen MR) is 95.6 cm³/mol. The number of hydrogen-bond acceptors (Lipinski definition) is 0. The molecule has 3 aromatic carbocycles. The molecular formula is C22H15F5. The van der Waals surface area contributed by atoms with Crippen LogP contribution in [0.5, 0.6) is 0 Å². The van der Waals surface area contributed by atoms with E-state index < -0.39 is 40.2 Å². The van der Waals surface area contributed by atoms with Gasteiger partial charge in [-0.15, -0.1) is 0 Å². The predicted octanol–water partition coefficient (Wildman–Crippen LogP) is 6.67. The second kappa shape index (κ2) is 7.35. The summed E-state index contributed by atoms with van der Waals surface area (Å²) in [5, 5.41) is 0. The molecule has 0 fully saturated rings. The maximum Gasteiger partial charge on any atom is 0.194 e. The van der Waals surface area contributed by atoms with Crippen molar-refractivity contribution in [2.45, 2.75) is 13.3 Å². The topological polar surface area (TPSA) is 0 Å². The summed E-state index contributed by atoms with van der Waals surface area (Å²) in [5.41, 5.74) is 2.06. The summed E-state index contributed by atoms with van der Waals surface area (Å²) in [4.78, 5) is 0. The number of rotatable bonds is 4. The lowest BCUT2D eigenvalue weighted by Gasteiger charge is -2.10. The van der Waals surface area contributed by atoms with Gasteiger partial charge in [0.1, 0.15) is 11.6 Å². The van der Waals surface area contributed by atoms with Gasteiger partial charge in [-0.25, -0.2) is 22.0 Å². The monoisotopic (exact) mass is 374 g/mol. The van der Waals surface area contributed by atoms with Crippen LogP contribution < -0.4 is 0 Å². The van der Waals surface area contributed by atoms with Crippen molar-refractivity contribution in [3.05, 3.63) is 101 Å². The molecule has 0 bridgehead atoms. The fourth-order valence-electron chi connectivity index (χ4n) is 2.85. The van der Waals surface area contributed by atoms with E-state index >= 15 is 0 Å². The fourth-order valence-corrected chi connectivity index (χ4v) is 2.85. The summed E-state index contributed by atoms with van der Waals surface area (Å²) in [6, 6.07) is 10.7. The minimum atomic E-state index is -1.69. The van der Waals surface area contributed by atoms with E-state index in [4.69, 9.17) is 0 Å². The first-order valence-electron chi connectivity index (χ1n) is 8.14. The highest BCUT2D eigenvalue weighted by atomic mass is 19.2. The summed E-state index contributed by atoms with van der Waals surface area (Å²) < 4.78 is 68.7. The third-order valence-corrected chi connectivity index (χ3v) is 4.23. The Morgan fingerprint density at radius 3 is 1.74 bits per heavy atom. The van der Waals surface area contributed by atoms with Crippen LogP contribution in [-0.2, 0) is 6.42 Å². The lowest BCUT2D eigenvalue weighted by atomic mass is 9.97. The first-order valence-corrected chi connectivity index (χ1v) is 8.14. The standard InChI is InChI=1S/C22H15F5/c1-12(2)15-5-3-13(4-6-15)7-14-8-17(23)21(18(24)9-14)16-10-19(25)22(27)20(26)11-16/h3-6,8-11H,1,7H2,2H3. The molecule has 0 heterocycles. The Balaban J connectivity index is 1.94. The van der Waals surface area contributed by atoms with E-state index in [2.05, 4.69) is 6.58 Å². The summed E-state index contributed by atoms with van der Waals surface area (Å²) in [6.07, 6.45) is 0.275. The zero-order chi connectivity index (χ0) is 19.7. The molecule has 0 aliphatic carbocycles. The molecule has 0 radical (unpaired) electrons. The van der Waals surface area contributed by atoms with E-state index in [0.717, 1.165) is 28.8 Å². The Hall–Kier alpha value is -2.95. The summed E-state index contributed by atoms with van der Waals surface area (Å²) >= 11 is 0. The molecule has 0 nitrogen and oxygen atoms in total. The quantitative estimate of drug-likeness (QED) is 0.353. The molecule has 0 N–H and O–H groups in total. The van der Waals surface area contributed by atoms with E-state index in [1.54, 1.807) is 0 Å². The van der Waals surface area contributed by atoms with Crippen molar-refractivity contribution in [2.75, 3.05) is 0 Å². The number of halogens is 5. The average molecular weight is 374 g/mol. The van der Waals surface area contributed by atoms with Crippen LogP contribution in [0.1, 0.15) is 23.6 Å². The van der Waals surface area contributed by atoms with Crippen molar-refractivity contribution in [3.8, 4) is 11.1 Å². The van der Waals surface area contributed by atoms with Gasteiger partial charge in [-0.2, -0.15) is 0 Å². The third kappa shape index (κ3) is 3.92. The second-order valence-electron chi connectivity index (χ2n) is 6.34. The Bertz CT molecular complexity index is 973. The maximum absolute atomic E-state index is 14.4. The van der Waals surface area contributed by atoms with Crippen molar-refractivity contribution < 1.29 is 22.0 Å². The van der Waals surface area contributed by atoms with Gasteiger partial charge < -0.3 is 0 Å². The zero-order valence-corrected chi connectivity index (χ0v) is 14.4. The van der Waals surface area contributed by atoms with Gasteiger partial charge in [-0.05, 0) is 59.9 Å². The normalized spacial score (nSPS) is 10.9. The third-order valence-electron chi connectivity index (χ3n) is 4.23. The molecule has 0 unspecified atom stereocenters. The van der Waals surface area contributed by atoms with E-state index in [-0.39, 0.29) is 6.42 Å². The minimum absolute atomic E-state index is 0.275. The molecule has 138 valence electrons. The van der Waals surface area contributed by atoms with E-state index in [0.29, 0.717) is 17.7 Å². The summed E-state index contributed by atoms with van der Waals surface area (Å²) in [6.45, 7) is 5.72. The second-order valence-corrected chi connectivity index (χ2v) is 6.34. The first-order chi connectivity index (χ1) is 12.8. The molecule has 0 saturated heterocycles. The maximum atomic E-state index is 14.4. The van der Waals surface area contributed by atoms with Gasteiger partial charge in [0.15, 0.2) is 17.5 Å². The molecule has 0 aliphatic rings. The Morgan fingerprint density at radius 2 is 1.26 bits per heavy atom. The van der Waals surface area contributed by atoms with Crippen LogP contribution in [0.2, 0.25) is 0 Å². The largest absolute Gasteiger partial charge is 0.206 e. The van der Waals surface area contributed by atoms with Gasteiger partial charge in [-0.3, -0.25) is 0 Å². The van der Waals surface area contributed by atoms with Crippen LogP contribution in [0, 0.1) is 29.1 Å². The highest BCUT2D eigenvalue weighted by Crippen LogP contribution is 2.30. The zero-order valence-electron chi connectivity index (χ0n) is 14.4. The number of benzene rings is 3. The van der Waals surface area contributed by atoms with E-state index in [1.807, 2.05) is 31.2 Å². The first kappa shape index (κ1) is 18.8. The van der Waals surface area contributed by atoms with Crippen LogP contribution in [0.3, 0.4) is 0 Å². The van der Waals surface area contributed by atoms with Gasteiger partial charge in [0.2, 0.25) is 0 Å². The van der Waals surface area contributed by atoms with Crippen molar-refractivity contribution >= 4 is 5.57 Å². The Morgan fingerprint density at radius 1 is 0.741 bits per heavy atom. The van der Waals surface area contributed by atoms with Crippen LogP contribution in [0.25, 0.3) is 16.7 Å². The lowest BCUT2D eigenvalue weighted by molar-refractivity contribution is 0.447. The van der Waals surface area contributed by atoms with Crippen LogP contribution >= 0.6 is 0 Å². The Labute approximate surface area is 153 Å². The number of hydrogen-bond donors (Lipinski definition) is 0. The molecule has 27 heavy (non-hydrogen) atoms. The molecule has 0 amide bonds. The van der Waals surface area contributed by atoms with Crippen LogP contribution in [0.15, 0.2) is 55.1 Å². The summed E-state index contributed by atoms with van der Waals surface area (Å²) in [7, 11) is 0. The SMILES string of the molecule is C=C(C)c1ccc(Cc2cc(F)c(-c3cc(F)c(F)c(F)c3)c(F)c2)cc1. The van der Waals surface area contributed by atoms with Crippen molar-refractivity contribution in [1.29, 1.82) is 0 Å². The van der Waals surface area contributed by atoms with E-state index in [1.165, 1.54) is 0 Å². The average Bonchev–Trinajstić information content (AvgIpc) is 2.59. The molecule has 3 rings (SSSR count). The lowest BCUT2D eigenvalue weighted by Crippen LogP contribution is -1.98. The smallest absolute Gasteiger partial charge is 0.194 e. The van der Waals surface area contributed by atoms with E-state index in [9.17, 15) is 22.0 Å². The Kier molecular flexibility index (Phi) is 5.13. The van der Waals surface area contributed by atoms with Crippen LogP contribution in [0.4, 0.5) is 22.0 Å². The minimum Gasteiger partial charge on any atom is -0.206 e. The molecule has 0 spiro atoms. The van der Waals surface area contributed by atoms with Gasteiger partial charge in [0.05, 0.1) is 5.56 Å². The van der Waals surface area contributed by atoms with Gasteiger partial charge >= 0.3 is 0 Å². The summed E-state index contributed by atoms with van der Waals surface area (Å²) in [5.74, 6) is -6.66. The van der Waals surface area contributed by atoms with Gasteiger partial charge in [0, 0.05) is 0 Å². The fraction of sp³-hybridized carbons (Fsp3) is 0.0909. The van der Waals surface area contributed by atoms with Crippen molar-refractivity contribution in [1.82, 2.24) is 0 Å². The molecular weight excluding hydrogens is 359 g/mol. The molecule has 3 aromatic rings. The molecule has 0 aromatic heterocycles. The molecule has 0 saturated carbocycles. The molecule has 0 aliphatic heterocycles. The van der Waals surface area contributed by atoms with Crippen LogP contribution in [-0.4, -0.2) is 0 Å². The van der Waals surface area contributed by atoms with Crippen molar-refractivity contribution in [2.24, 2.45) is 0 Å². The molecule has 5 heteroatoms. The highest BCUT2D eigenvalue weighted by molar-refractivity contribution is 5.66.